The van der Waals surface area contributed by atoms with E-state index in [-0.39, 0.29) is 12.0 Å². The Hall–Kier alpha value is -1.75. The number of carbonyl (C=O) groups is 1. The van der Waals surface area contributed by atoms with Crippen molar-refractivity contribution in [3.05, 3.63) is 23.8 Å². The van der Waals surface area contributed by atoms with Crippen molar-refractivity contribution >= 4 is 17.3 Å². The minimum Gasteiger partial charge on any atom is -0.397 e. The van der Waals surface area contributed by atoms with Gasteiger partial charge in [0.05, 0.1) is 17.5 Å². The van der Waals surface area contributed by atoms with Crippen molar-refractivity contribution in [2.45, 2.75) is 19.4 Å². The molecule has 5 nitrogen and oxygen atoms in total. The van der Waals surface area contributed by atoms with Crippen LogP contribution in [0.4, 0.5) is 11.4 Å². The van der Waals surface area contributed by atoms with E-state index in [0.29, 0.717) is 23.7 Å². The molecule has 1 amide bonds. The Kier molecular flexibility index (Phi) is 4.73. The second kappa shape index (κ2) is 6.35. The van der Waals surface area contributed by atoms with Gasteiger partial charge < -0.3 is 20.3 Å². The number of benzene rings is 1. The van der Waals surface area contributed by atoms with Gasteiger partial charge in [-0.25, -0.2) is 0 Å². The van der Waals surface area contributed by atoms with Crippen LogP contribution in [0.25, 0.3) is 0 Å². The fourth-order valence-corrected chi connectivity index (χ4v) is 2.80. The van der Waals surface area contributed by atoms with E-state index in [1.54, 1.807) is 13.2 Å². The molecule has 2 rings (SSSR count). The van der Waals surface area contributed by atoms with Gasteiger partial charge in [-0.05, 0) is 30.5 Å². The average Bonchev–Trinajstić information content (AvgIpc) is 2.46. The first-order valence-corrected chi connectivity index (χ1v) is 7.33. The Balaban J connectivity index is 2.15. The maximum atomic E-state index is 12.6. The quantitative estimate of drug-likeness (QED) is 0.863. The number of hydrogen-bond acceptors (Lipinski definition) is 4. The number of nitrogens with zero attached hydrogens (tertiary/aromatic N) is 2. The summed E-state index contributed by atoms with van der Waals surface area (Å²) in [7, 11) is 5.57. The van der Waals surface area contributed by atoms with Crippen molar-refractivity contribution in [2.75, 3.05) is 44.9 Å². The first-order valence-electron chi connectivity index (χ1n) is 7.33. The third-order valence-electron chi connectivity index (χ3n) is 4.24. The van der Waals surface area contributed by atoms with Crippen molar-refractivity contribution in [3.8, 4) is 0 Å². The van der Waals surface area contributed by atoms with Crippen LogP contribution in [0.5, 0.6) is 0 Å². The Bertz CT molecular complexity index is 516. The van der Waals surface area contributed by atoms with E-state index in [1.807, 2.05) is 36.0 Å². The van der Waals surface area contributed by atoms with Crippen LogP contribution in [0.3, 0.4) is 0 Å². The average molecular weight is 291 g/mol. The number of rotatable bonds is 3. The Labute approximate surface area is 126 Å². The molecular weight excluding hydrogens is 266 g/mol. The number of amides is 1. The fourth-order valence-electron chi connectivity index (χ4n) is 2.80. The lowest BCUT2D eigenvalue weighted by Gasteiger charge is -2.36. The molecule has 0 radical (unpaired) electrons. The third kappa shape index (κ3) is 3.29. The summed E-state index contributed by atoms with van der Waals surface area (Å²) >= 11 is 0. The number of methoxy groups -OCH3 is 1. The number of anilines is 2. The molecule has 116 valence electrons. The van der Waals surface area contributed by atoms with Gasteiger partial charge in [0.15, 0.2) is 0 Å². The normalized spacial score (nSPS) is 22.2. The summed E-state index contributed by atoms with van der Waals surface area (Å²) in [6.07, 6.45) is 1.08. The van der Waals surface area contributed by atoms with Gasteiger partial charge in [-0.3, -0.25) is 4.79 Å². The predicted molar refractivity (Wildman–Crippen MR) is 85.7 cm³/mol. The summed E-state index contributed by atoms with van der Waals surface area (Å²) < 4.78 is 5.47. The lowest BCUT2D eigenvalue weighted by molar-refractivity contribution is -0.00156. The monoisotopic (exact) mass is 291 g/mol. The zero-order valence-electron chi connectivity index (χ0n) is 13.3. The van der Waals surface area contributed by atoms with E-state index < -0.39 is 0 Å². The smallest absolute Gasteiger partial charge is 0.254 e. The van der Waals surface area contributed by atoms with Gasteiger partial charge >= 0.3 is 0 Å². The summed E-state index contributed by atoms with van der Waals surface area (Å²) in [6, 6.07) is 5.49. The van der Waals surface area contributed by atoms with Crippen molar-refractivity contribution in [3.63, 3.8) is 0 Å². The number of likely N-dealkylation sites (tertiary alicyclic amines) is 1. The molecular formula is C16H25N3O2. The van der Waals surface area contributed by atoms with Gasteiger partial charge in [0.2, 0.25) is 0 Å². The zero-order valence-corrected chi connectivity index (χ0v) is 13.3. The van der Waals surface area contributed by atoms with Gasteiger partial charge in [0.1, 0.15) is 0 Å². The van der Waals surface area contributed by atoms with E-state index in [2.05, 4.69) is 6.92 Å². The second-order valence-corrected chi connectivity index (χ2v) is 5.96. The van der Waals surface area contributed by atoms with Crippen LogP contribution >= 0.6 is 0 Å². The number of nitrogen functional groups attached to an aromatic ring is 1. The summed E-state index contributed by atoms with van der Waals surface area (Å²) in [6.45, 7) is 3.58. The van der Waals surface area contributed by atoms with Crippen LogP contribution in [-0.2, 0) is 4.74 Å². The molecule has 1 fully saturated rings. The van der Waals surface area contributed by atoms with Gasteiger partial charge in [-0.2, -0.15) is 0 Å². The molecule has 1 saturated heterocycles. The van der Waals surface area contributed by atoms with E-state index in [1.165, 1.54) is 0 Å². The molecule has 2 unspecified atom stereocenters. The molecule has 0 aromatic heterocycles. The van der Waals surface area contributed by atoms with Gasteiger partial charge in [0.25, 0.3) is 5.91 Å². The van der Waals surface area contributed by atoms with Gasteiger partial charge in [-0.1, -0.05) is 6.92 Å². The largest absolute Gasteiger partial charge is 0.397 e. The van der Waals surface area contributed by atoms with Gasteiger partial charge in [-0.15, -0.1) is 0 Å². The highest BCUT2D eigenvalue weighted by molar-refractivity contribution is 5.96. The van der Waals surface area contributed by atoms with Crippen LogP contribution < -0.4 is 10.6 Å². The standard InChI is InChI=1S/C16H25N3O2/c1-11-7-8-19(10-15(11)21-4)16(20)12-5-6-14(18(2)3)13(17)9-12/h5-6,9,11,15H,7-8,10,17H2,1-4H3. The minimum absolute atomic E-state index is 0.0287. The first kappa shape index (κ1) is 15.6. The molecule has 2 atom stereocenters. The van der Waals surface area contributed by atoms with Crippen LogP contribution in [0.15, 0.2) is 18.2 Å². The minimum atomic E-state index is 0.0287. The van der Waals surface area contributed by atoms with E-state index >= 15 is 0 Å². The lowest BCUT2D eigenvalue weighted by atomic mass is 9.95. The molecule has 1 aliphatic heterocycles. The summed E-state index contributed by atoms with van der Waals surface area (Å²) in [4.78, 5) is 16.4. The van der Waals surface area contributed by atoms with Gasteiger partial charge in [0, 0.05) is 39.9 Å². The molecule has 2 N–H and O–H groups in total. The summed E-state index contributed by atoms with van der Waals surface area (Å²) in [5.74, 6) is 0.515. The van der Waals surface area contributed by atoms with Crippen molar-refractivity contribution in [1.82, 2.24) is 4.90 Å². The maximum Gasteiger partial charge on any atom is 0.254 e. The maximum absolute atomic E-state index is 12.6. The molecule has 0 saturated carbocycles. The lowest BCUT2D eigenvalue weighted by Crippen LogP contribution is -2.46. The highest BCUT2D eigenvalue weighted by atomic mass is 16.5. The third-order valence-corrected chi connectivity index (χ3v) is 4.24. The summed E-state index contributed by atoms with van der Waals surface area (Å²) in [5, 5.41) is 0. The molecule has 1 aromatic carbocycles. The molecule has 0 spiro atoms. The Morgan fingerprint density at radius 2 is 2.14 bits per heavy atom. The van der Waals surface area contributed by atoms with E-state index in [0.717, 1.165) is 18.7 Å². The molecule has 0 aliphatic carbocycles. The van der Waals surface area contributed by atoms with E-state index in [4.69, 9.17) is 10.5 Å². The van der Waals surface area contributed by atoms with Crippen LogP contribution in [0.1, 0.15) is 23.7 Å². The van der Waals surface area contributed by atoms with Crippen molar-refractivity contribution < 1.29 is 9.53 Å². The number of nitrogens with two attached hydrogens (primary N) is 1. The van der Waals surface area contributed by atoms with Crippen LogP contribution in [-0.4, -0.2) is 51.2 Å². The van der Waals surface area contributed by atoms with Crippen LogP contribution in [0.2, 0.25) is 0 Å². The Morgan fingerprint density at radius 1 is 1.43 bits per heavy atom. The summed E-state index contributed by atoms with van der Waals surface area (Å²) in [5.41, 5.74) is 8.22. The molecule has 1 heterocycles. The second-order valence-electron chi connectivity index (χ2n) is 5.96. The number of piperidine rings is 1. The van der Waals surface area contributed by atoms with Crippen molar-refractivity contribution in [2.24, 2.45) is 5.92 Å². The first-order chi connectivity index (χ1) is 9.93. The molecule has 1 aromatic rings. The predicted octanol–water partition coefficient (Wildman–Crippen LogP) is 1.83. The number of ether oxygens (including phenoxy) is 1. The molecule has 1 aliphatic rings. The highest BCUT2D eigenvalue weighted by Gasteiger charge is 2.29. The molecule has 5 heteroatoms. The highest BCUT2D eigenvalue weighted by Crippen LogP contribution is 2.25. The Morgan fingerprint density at radius 3 is 2.71 bits per heavy atom. The number of hydrogen-bond donors (Lipinski definition) is 1. The zero-order chi connectivity index (χ0) is 15.6. The fraction of sp³-hybridized carbons (Fsp3) is 0.562. The van der Waals surface area contributed by atoms with Crippen LogP contribution in [0, 0.1) is 5.92 Å². The topological polar surface area (TPSA) is 58.8 Å². The molecule has 21 heavy (non-hydrogen) atoms. The SMILES string of the molecule is COC1CN(C(=O)c2ccc(N(C)C)c(N)c2)CCC1C. The number of carbonyl (C=O) groups excluding carboxylic acids is 1. The molecule has 0 bridgehead atoms. The van der Waals surface area contributed by atoms with Crippen molar-refractivity contribution in [1.29, 1.82) is 0 Å². The van der Waals surface area contributed by atoms with E-state index in [9.17, 15) is 4.79 Å².